The van der Waals surface area contributed by atoms with Gasteiger partial charge in [-0.25, -0.2) is 4.98 Å². The van der Waals surface area contributed by atoms with Gasteiger partial charge >= 0.3 is 0 Å². The summed E-state index contributed by atoms with van der Waals surface area (Å²) in [4.78, 5) is 4.53. The topological polar surface area (TPSA) is 34.1 Å². The molecule has 0 saturated heterocycles. The number of hydrogen-bond donors (Lipinski definition) is 1. The van der Waals surface area contributed by atoms with Crippen molar-refractivity contribution >= 4 is 55.6 Å². The lowest BCUT2D eigenvalue weighted by atomic mass is 10.3. The van der Waals surface area contributed by atoms with Gasteiger partial charge in [0, 0.05) is 15.7 Å². The molecule has 0 bridgehead atoms. The lowest BCUT2D eigenvalue weighted by molar-refractivity contribution is 0.341. The molecule has 1 N–H and O–H groups in total. The fourth-order valence-corrected chi connectivity index (χ4v) is 3.40. The molecule has 0 aliphatic heterocycles. The van der Waals surface area contributed by atoms with Gasteiger partial charge < -0.3 is 10.1 Å². The van der Waals surface area contributed by atoms with Crippen molar-refractivity contribution in [2.75, 3.05) is 11.9 Å². The van der Waals surface area contributed by atoms with Crippen LogP contribution in [0.5, 0.6) is 5.75 Å². The first-order valence-corrected chi connectivity index (χ1v) is 7.98. The highest BCUT2D eigenvalue weighted by Gasteiger charge is 2.06. The van der Waals surface area contributed by atoms with Gasteiger partial charge in [-0.05, 0) is 43.3 Å². The lowest BCUT2D eigenvalue weighted by Crippen LogP contribution is -1.90. The van der Waals surface area contributed by atoms with Gasteiger partial charge in [0.15, 0.2) is 5.13 Å². The molecular formula is C15H12Cl2N2OS. The van der Waals surface area contributed by atoms with Crippen molar-refractivity contribution < 1.29 is 4.74 Å². The van der Waals surface area contributed by atoms with E-state index in [-0.39, 0.29) is 0 Å². The number of benzene rings is 2. The summed E-state index contributed by atoms with van der Waals surface area (Å²) in [5.41, 5.74) is 1.75. The van der Waals surface area contributed by atoms with Crippen LogP contribution in [0.3, 0.4) is 0 Å². The Morgan fingerprint density at radius 1 is 1.14 bits per heavy atom. The quantitative estimate of drug-likeness (QED) is 0.657. The SMILES string of the molecule is CCOc1ccc2nc(Nc3cc(Cl)cc(Cl)c3)sc2c1. The molecule has 0 fully saturated rings. The number of nitrogens with one attached hydrogen (secondary N) is 1. The van der Waals surface area contributed by atoms with E-state index in [4.69, 9.17) is 27.9 Å². The molecule has 6 heteroatoms. The molecule has 3 rings (SSSR count). The van der Waals surface area contributed by atoms with Gasteiger partial charge in [0.25, 0.3) is 0 Å². The number of hydrogen-bond acceptors (Lipinski definition) is 4. The molecule has 0 radical (unpaired) electrons. The van der Waals surface area contributed by atoms with Gasteiger partial charge in [0.2, 0.25) is 0 Å². The Morgan fingerprint density at radius 3 is 2.62 bits per heavy atom. The molecule has 21 heavy (non-hydrogen) atoms. The van der Waals surface area contributed by atoms with Crippen molar-refractivity contribution in [3.05, 3.63) is 46.4 Å². The van der Waals surface area contributed by atoms with Gasteiger partial charge in [-0.2, -0.15) is 0 Å². The zero-order valence-electron chi connectivity index (χ0n) is 11.2. The van der Waals surface area contributed by atoms with E-state index in [2.05, 4.69) is 10.3 Å². The standard InChI is InChI=1S/C15H12Cl2N2OS/c1-2-20-12-3-4-13-14(8-12)21-15(19-13)18-11-6-9(16)5-10(17)7-11/h3-8H,2H2,1H3,(H,18,19). The number of rotatable bonds is 4. The van der Waals surface area contributed by atoms with Crippen LogP contribution in [-0.4, -0.2) is 11.6 Å². The second kappa shape index (κ2) is 6.10. The van der Waals surface area contributed by atoms with Crippen LogP contribution in [0.1, 0.15) is 6.92 Å². The van der Waals surface area contributed by atoms with Crippen molar-refractivity contribution in [3.8, 4) is 5.75 Å². The number of halogens is 2. The van der Waals surface area contributed by atoms with E-state index in [1.54, 1.807) is 17.4 Å². The molecular weight excluding hydrogens is 327 g/mol. The van der Waals surface area contributed by atoms with Crippen molar-refractivity contribution in [2.45, 2.75) is 6.92 Å². The van der Waals surface area contributed by atoms with E-state index in [0.717, 1.165) is 26.8 Å². The molecule has 0 unspecified atom stereocenters. The minimum atomic E-state index is 0.588. The number of fused-ring (bicyclic) bond motifs is 1. The van der Waals surface area contributed by atoms with Crippen molar-refractivity contribution in [3.63, 3.8) is 0 Å². The first-order valence-electron chi connectivity index (χ1n) is 6.40. The van der Waals surface area contributed by atoms with Crippen LogP contribution in [-0.2, 0) is 0 Å². The highest BCUT2D eigenvalue weighted by molar-refractivity contribution is 7.22. The highest BCUT2D eigenvalue weighted by atomic mass is 35.5. The normalized spacial score (nSPS) is 10.8. The van der Waals surface area contributed by atoms with Gasteiger partial charge in [0.05, 0.1) is 16.8 Å². The molecule has 1 aromatic heterocycles. The van der Waals surface area contributed by atoms with Crippen molar-refractivity contribution in [1.82, 2.24) is 4.98 Å². The van der Waals surface area contributed by atoms with Crippen LogP contribution >= 0.6 is 34.5 Å². The summed E-state index contributed by atoms with van der Waals surface area (Å²) < 4.78 is 6.56. The van der Waals surface area contributed by atoms with Crippen LogP contribution in [0.15, 0.2) is 36.4 Å². The molecule has 0 saturated carbocycles. The van der Waals surface area contributed by atoms with Crippen LogP contribution in [0.2, 0.25) is 10.0 Å². The molecule has 0 amide bonds. The van der Waals surface area contributed by atoms with E-state index in [1.165, 1.54) is 0 Å². The maximum atomic E-state index is 5.99. The van der Waals surface area contributed by atoms with E-state index in [1.807, 2.05) is 37.3 Å². The first kappa shape index (κ1) is 14.4. The second-order valence-electron chi connectivity index (χ2n) is 4.36. The average molecular weight is 339 g/mol. The zero-order valence-corrected chi connectivity index (χ0v) is 13.5. The summed E-state index contributed by atoms with van der Waals surface area (Å²) in [7, 11) is 0. The Labute approximate surface area is 136 Å². The minimum absolute atomic E-state index is 0.588. The zero-order chi connectivity index (χ0) is 14.8. The fourth-order valence-electron chi connectivity index (χ4n) is 1.96. The number of thiazole rings is 1. The minimum Gasteiger partial charge on any atom is -0.494 e. The van der Waals surface area contributed by atoms with Gasteiger partial charge in [-0.1, -0.05) is 34.5 Å². The average Bonchev–Trinajstić information content (AvgIpc) is 2.79. The number of nitrogens with zero attached hydrogens (tertiary/aromatic N) is 1. The third-order valence-corrected chi connectivity index (χ3v) is 4.15. The van der Waals surface area contributed by atoms with Crippen LogP contribution in [0.25, 0.3) is 10.2 Å². The number of aromatic nitrogens is 1. The summed E-state index contributed by atoms with van der Waals surface area (Å²) in [6, 6.07) is 11.2. The monoisotopic (exact) mass is 338 g/mol. The Balaban J connectivity index is 1.90. The summed E-state index contributed by atoms with van der Waals surface area (Å²) in [5, 5.41) is 5.19. The van der Waals surface area contributed by atoms with Crippen LogP contribution in [0.4, 0.5) is 10.8 Å². The Kier molecular flexibility index (Phi) is 4.19. The number of ether oxygens (including phenoxy) is 1. The smallest absolute Gasteiger partial charge is 0.188 e. The molecule has 0 spiro atoms. The Bertz CT molecular complexity index is 768. The van der Waals surface area contributed by atoms with E-state index in [0.29, 0.717) is 16.7 Å². The maximum Gasteiger partial charge on any atom is 0.188 e. The summed E-state index contributed by atoms with van der Waals surface area (Å²) in [5.74, 6) is 0.853. The van der Waals surface area contributed by atoms with Crippen LogP contribution < -0.4 is 10.1 Å². The van der Waals surface area contributed by atoms with Gasteiger partial charge in [0.1, 0.15) is 5.75 Å². The molecule has 0 atom stereocenters. The van der Waals surface area contributed by atoms with E-state index < -0.39 is 0 Å². The van der Waals surface area contributed by atoms with Gasteiger partial charge in [-0.15, -0.1) is 0 Å². The molecule has 0 aliphatic rings. The highest BCUT2D eigenvalue weighted by Crippen LogP contribution is 2.32. The Morgan fingerprint density at radius 2 is 1.90 bits per heavy atom. The lowest BCUT2D eigenvalue weighted by Gasteiger charge is -2.03. The van der Waals surface area contributed by atoms with E-state index in [9.17, 15) is 0 Å². The van der Waals surface area contributed by atoms with Gasteiger partial charge in [-0.3, -0.25) is 0 Å². The van der Waals surface area contributed by atoms with Crippen molar-refractivity contribution in [1.29, 1.82) is 0 Å². The molecule has 3 aromatic rings. The first-order chi connectivity index (χ1) is 10.1. The predicted octanol–water partition coefficient (Wildman–Crippen LogP) is 5.75. The number of anilines is 2. The summed E-state index contributed by atoms with van der Waals surface area (Å²) >= 11 is 13.5. The molecule has 0 aliphatic carbocycles. The summed E-state index contributed by atoms with van der Waals surface area (Å²) in [6.45, 7) is 2.61. The molecule has 1 heterocycles. The van der Waals surface area contributed by atoms with Crippen molar-refractivity contribution in [2.24, 2.45) is 0 Å². The van der Waals surface area contributed by atoms with Crippen LogP contribution in [0, 0.1) is 0 Å². The second-order valence-corrected chi connectivity index (χ2v) is 6.27. The molecule has 108 valence electrons. The third kappa shape index (κ3) is 3.40. The Hall–Kier alpha value is -1.49. The molecule has 2 aromatic carbocycles. The third-order valence-electron chi connectivity index (χ3n) is 2.78. The fraction of sp³-hybridized carbons (Fsp3) is 0.133. The maximum absolute atomic E-state index is 5.99. The van der Waals surface area contributed by atoms with E-state index >= 15 is 0 Å². The predicted molar refractivity (Wildman–Crippen MR) is 90.5 cm³/mol. The summed E-state index contributed by atoms with van der Waals surface area (Å²) in [6.07, 6.45) is 0. The molecule has 3 nitrogen and oxygen atoms in total. The largest absolute Gasteiger partial charge is 0.494 e.